The molecule has 1 aliphatic rings. The van der Waals surface area contributed by atoms with Gasteiger partial charge >= 0.3 is 0 Å². The molecule has 0 aromatic rings. The molecule has 1 amide bonds. The minimum Gasteiger partial charge on any atom is -0.368 e. The van der Waals surface area contributed by atoms with Crippen molar-refractivity contribution in [2.24, 2.45) is 17.4 Å². The Bertz CT molecular complexity index is 257. The number of carbonyl (C=O) groups excluding carboxylic acids is 1. The Balaban J connectivity index is 2.35. The van der Waals surface area contributed by atoms with Crippen molar-refractivity contribution in [3.63, 3.8) is 0 Å². The number of amides is 1. The molecule has 100 valence electrons. The lowest BCUT2D eigenvalue weighted by Gasteiger charge is -2.36. The molecule has 4 N–H and O–H groups in total. The Kier molecular flexibility index (Phi) is 4.91. The zero-order valence-corrected chi connectivity index (χ0v) is 11.3. The fraction of sp³-hybridized carbons (Fsp3) is 0.917. The summed E-state index contributed by atoms with van der Waals surface area (Å²) in [4.78, 5) is 15.6. The van der Waals surface area contributed by atoms with Crippen LogP contribution in [-0.4, -0.2) is 61.5 Å². The Hall–Kier alpha value is -0.650. The first-order valence-electron chi connectivity index (χ1n) is 6.27. The molecule has 0 aromatic carbocycles. The Labute approximate surface area is 104 Å². The van der Waals surface area contributed by atoms with Gasteiger partial charge in [-0.05, 0) is 52.9 Å². The van der Waals surface area contributed by atoms with Crippen molar-refractivity contribution in [2.45, 2.75) is 25.3 Å². The van der Waals surface area contributed by atoms with Gasteiger partial charge in [0.05, 0.1) is 0 Å². The maximum absolute atomic E-state index is 11.2. The molecule has 0 radical (unpaired) electrons. The minimum atomic E-state index is -0.908. The van der Waals surface area contributed by atoms with E-state index >= 15 is 0 Å². The second kappa shape index (κ2) is 5.80. The normalized spacial score (nSPS) is 22.6. The lowest BCUT2D eigenvalue weighted by Crippen LogP contribution is -2.57. The fourth-order valence-corrected chi connectivity index (χ4v) is 2.39. The maximum atomic E-state index is 11.2. The van der Waals surface area contributed by atoms with Crippen molar-refractivity contribution in [3.8, 4) is 0 Å². The van der Waals surface area contributed by atoms with E-state index in [4.69, 9.17) is 11.5 Å². The van der Waals surface area contributed by atoms with Crippen molar-refractivity contribution in [3.05, 3.63) is 0 Å². The molecular weight excluding hydrogens is 216 g/mol. The monoisotopic (exact) mass is 242 g/mol. The predicted molar refractivity (Wildman–Crippen MR) is 69.5 cm³/mol. The van der Waals surface area contributed by atoms with Crippen molar-refractivity contribution in [1.82, 2.24) is 9.80 Å². The second-order valence-electron chi connectivity index (χ2n) is 5.76. The van der Waals surface area contributed by atoms with Gasteiger partial charge in [0.25, 0.3) is 0 Å². The van der Waals surface area contributed by atoms with Crippen LogP contribution in [0.15, 0.2) is 0 Å². The minimum absolute atomic E-state index is 0.423. The topological polar surface area (TPSA) is 75.6 Å². The summed E-state index contributed by atoms with van der Waals surface area (Å²) < 4.78 is 0. The number of rotatable bonds is 5. The largest absolute Gasteiger partial charge is 0.368 e. The molecule has 0 aromatic heterocycles. The molecular formula is C12H26N4O. The van der Waals surface area contributed by atoms with Gasteiger partial charge in [-0.1, -0.05) is 0 Å². The van der Waals surface area contributed by atoms with Crippen LogP contribution in [0.2, 0.25) is 0 Å². The van der Waals surface area contributed by atoms with E-state index in [-0.39, 0.29) is 0 Å². The first kappa shape index (κ1) is 14.4. The van der Waals surface area contributed by atoms with E-state index < -0.39 is 11.4 Å². The van der Waals surface area contributed by atoms with Crippen molar-refractivity contribution in [1.29, 1.82) is 0 Å². The van der Waals surface area contributed by atoms with Gasteiger partial charge in [-0.2, -0.15) is 0 Å². The summed E-state index contributed by atoms with van der Waals surface area (Å²) in [7, 11) is 4.22. The summed E-state index contributed by atoms with van der Waals surface area (Å²) in [6.45, 7) is 5.44. The summed E-state index contributed by atoms with van der Waals surface area (Å²) in [5.41, 5.74) is 10.3. The molecule has 0 aliphatic carbocycles. The standard InChI is InChI=1S/C12H26N4O/c1-12(14,11(13)17)9-16-6-4-10(5-7-16)8-15(2)3/h10H,4-9,14H2,1-3H3,(H2,13,17). The molecule has 1 unspecified atom stereocenters. The molecule has 1 atom stereocenters. The van der Waals surface area contributed by atoms with E-state index in [1.165, 1.54) is 12.8 Å². The highest BCUT2D eigenvalue weighted by atomic mass is 16.1. The summed E-state index contributed by atoms with van der Waals surface area (Å²) in [5, 5.41) is 0. The highest BCUT2D eigenvalue weighted by Gasteiger charge is 2.30. The molecule has 5 nitrogen and oxygen atoms in total. The van der Waals surface area contributed by atoms with Crippen LogP contribution >= 0.6 is 0 Å². The molecule has 1 aliphatic heterocycles. The predicted octanol–water partition coefficient (Wildman–Crippen LogP) is -0.537. The van der Waals surface area contributed by atoms with Gasteiger partial charge in [-0.15, -0.1) is 0 Å². The Morgan fingerprint density at radius 2 is 1.94 bits per heavy atom. The number of primary amides is 1. The smallest absolute Gasteiger partial charge is 0.238 e. The van der Waals surface area contributed by atoms with E-state index in [9.17, 15) is 4.79 Å². The Morgan fingerprint density at radius 3 is 2.35 bits per heavy atom. The highest BCUT2D eigenvalue weighted by Crippen LogP contribution is 2.18. The van der Waals surface area contributed by atoms with Crippen LogP contribution in [0, 0.1) is 5.92 Å². The van der Waals surface area contributed by atoms with Crippen LogP contribution in [0.5, 0.6) is 0 Å². The Morgan fingerprint density at radius 1 is 1.41 bits per heavy atom. The molecule has 5 heteroatoms. The zero-order valence-electron chi connectivity index (χ0n) is 11.3. The molecule has 0 spiro atoms. The van der Waals surface area contributed by atoms with Gasteiger partial charge < -0.3 is 21.3 Å². The summed E-state index contributed by atoms with van der Waals surface area (Å²) >= 11 is 0. The molecule has 17 heavy (non-hydrogen) atoms. The number of likely N-dealkylation sites (tertiary alicyclic amines) is 1. The van der Waals surface area contributed by atoms with Gasteiger partial charge in [0, 0.05) is 13.1 Å². The quantitative estimate of drug-likeness (QED) is 0.679. The SMILES string of the molecule is CN(C)CC1CCN(CC(C)(N)C(N)=O)CC1. The number of piperidine rings is 1. The third-order valence-electron chi connectivity index (χ3n) is 3.45. The average molecular weight is 242 g/mol. The lowest BCUT2D eigenvalue weighted by molar-refractivity contribution is -0.123. The lowest BCUT2D eigenvalue weighted by atomic mass is 9.94. The van der Waals surface area contributed by atoms with Crippen LogP contribution in [0.3, 0.4) is 0 Å². The van der Waals surface area contributed by atoms with E-state index in [0.29, 0.717) is 6.54 Å². The second-order valence-corrected chi connectivity index (χ2v) is 5.76. The van der Waals surface area contributed by atoms with Crippen LogP contribution in [-0.2, 0) is 4.79 Å². The van der Waals surface area contributed by atoms with Crippen molar-refractivity contribution < 1.29 is 4.79 Å². The van der Waals surface area contributed by atoms with E-state index in [0.717, 1.165) is 25.6 Å². The fourth-order valence-electron chi connectivity index (χ4n) is 2.39. The van der Waals surface area contributed by atoms with Crippen LogP contribution in [0.1, 0.15) is 19.8 Å². The van der Waals surface area contributed by atoms with Gasteiger partial charge in [0.1, 0.15) is 5.54 Å². The summed E-state index contributed by atoms with van der Waals surface area (Å²) in [6.07, 6.45) is 2.35. The molecule has 0 bridgehead atoms. The molecule has 1 fully saturated rings. The van der Waals surface area contributed by atoms with E-state index in [1.807, 2.05) is 0 Å². The first-order valence-corrected chi connectivity index (χ1v) is 6.27. The molecule has 1 rings (SSSR count). The van der Waals surface area contributed by atoms with Gasteiger partial charge in [-0.3, -0.25) is 4.79 Å². The van der Waals surface area contributed by atoms with Gasteiger partial charge in [-0.25, -0.2) is 0 Å². The number of nitrogens with zero attached hydrogens (tertiary/aromatic N) is 2. The third-order valence-corrected chi connectivity index (χ3v) is 3.45. The highest BCUT2D eigenvalue weighted by molar-refractivity contribution is 5.84. The van der Waals surface area contributed by atoms with Crippen LogP contribution in [0.25, 0.3) is 0 Å². The number of carbonyl (C=O) groups is 1. The van der Waals surface area contributed by atoms with Crippen molar-refractivity contribution >= 4 is 5.91 Å². The molecule has 1 heterocycles. The summed E-state index contributed by atoms with van der Waals surface area (Å²) in [6, 6.07) is 0. The number of nitrogens with two attached hydrogens (primary N) is 2. The first-order chi connectivity index (χ1) is 7.81. The van der Waals surface area contributed by atoms with Crippen LogP contribution in [0.4, 0.5) is 0 Å². The van der Waals surface area contributed by atoms with E-state index in [2.05, 4.69) is 23.9 Å². The van der Waals surface area contributed by atoms with Crippen LogP contribution < -0.4 is 11.5 Å². The number of hydrogen-bond donors (Lipinski definition) is 2. The van der Waals surface area contributed by atoms with Gasteiger partial charge in [0.2, 0.25) is 5.91 Å². The maximum Gasteiger partial charge on any atom is 0.238 e. The number of hydrogen-bond acceptors (Lipinski definition) is 4. The zero-order chi connectivity index (χ0) is 13.1. The average Bonchev–Trinajstić information content (AvgIpc) is 2.19. The van der Waals surface area contributed by atoms with E-state index in [1.54, 1.807) is 6.92 Å². The van der Waals surface area contributed by atoms with Crippen molar-refractivity contribution in [2.75, 3.05) is 40.3 Å². The van der Waals surface area contributed by atoms with Gasteiger partial charge in [0.15, 0.2) is 0 Å². The summed E-state index contributed by atoms with van der Waals surface area (Å²) in [5.74, 6) is 0.340. The molecule has 1 saturated heterocycles. The third kappa shape index (κ3) is 4.61. The molecule has 0 saturated carbocycles.